The zero-order valence-electron chi connectivity index (χ0n) is 13.3. The minimum Gasteiger partial charge on any atom is -0.545 e. The molecular weight excluding hydrogens is 286 g/mol. The molecule has 0 aromatic heterocycles. The Kier molecular flexibility index (Phi) is 9.21. The van der Waals surface area contributed by atoms with Gasteiger partial charge in [0.25, 0.3) is 0 Å². The third kappa shape index (κ3) is 7.40. The molecule has 0 saturated carbocycles. The number of aromatic carboxylic acids is 1. The maximum Gasteiger partial charge on any atom is 0.119 e. The van der Waals surface area contributed by atoms with Gasteiger partial charge in [-0.25, -0.2) is 0 Å². The molecule has 0 bridgehead atoms. The number of quaternary nitrogens is 1. The molecule has 6 heteroatoms. The van der Waals surface area contributed by atoms with E-state index in [0.717, 1.165) is 39.3 Å². The number of ether oxygens (including phenoxy) is 3. The highest BCUT2D eigenvalue weighted by molar-refractivity contribution is 5.85. The molecule has 0 aliphatic rings. The predicted molar refractivity (Wildman–Crippen MR) is 80.2 cm³/mol. The number of carboxylic acids is 1. The molecule has 22 heavy (non-hydrogen) atoms. The van der Waals surface area contributed by atoms with E-state index in [0.29, 0.717) is 12.4 Å². The lowest BCUT2D eigenvalue weighted by Gasteiger charge is -2.18. The van der Waals surface area contributed by atoms with Crippen molar-refractivity contribution in [1.82, 2.24) is 0 Å². The molecule has 0 fully saturated rings. The van der Waals surface area contributed by atoms with Gasteiger partial charge in [0.2, 0.25) is 0 Å². The number of methoxy groups -OCH3 is 2. The van der Waals surface area contributed by atoms with Crippen LogP contribution in [0, 0.1) is 0 Å². The van der Waals surface area contributed by atoms with Crippen molar-refractivity contribution >= 4 is 5.97 Å². The van der Waals surface area contributed by atoms with Crippen molar-refractivity contribution in [2.45, 2.75) is 6.42 Å². The molecule has 0 aliphatic heterocycles. The Hall–Kier alpha value is -1.63. The van der Waals surface area contributed by atoms with E-state index in [1.165, 1.54) is 17.0 Å². The Balaban J connectivity index is 2.27. The van der Waals surface area contributed by atoms with Crippen molar-refractivity contribution < 1.29 is 29.0 Å². The van der Waals surface area contributed by atoms with Gasteiger partial charge in [-0.15, -0.1) is 0 Å². The van der Waals surface area contributed by atoms with Gasteiger partial charge in [-0.05, 0) is 29.8 Å². The minimum absolute atomic E-state index is 0.155. The summed E-state index contributed by atoms with van der Waals surface area (Å²) in [6.45, 7) is 4.91. The Bertz CT molecular complexity index is 413. The van der Waals surface area contributed by atoms with E-state index in [2.05, 4.69) is 0 Å². The van der Waals surface area contributed by atoms with Gasteiger partial charge >= 0.3 is 0 Å². The summed E-state index contributed by atoms with van der Waals surface area (Å²) in [6.07, 6.45) is 0.908. The molecule has 1 aromatic rings. The number of carbonyl (C=O) groups is 1. The molecule has 1 N–H and O–H groups in total. The highest BCUT2D eigenvalue weighted by atomic mass is 16.5. The van der Waals surface area contributed by atoms with Crippen LogP contribution in [0.15, 0.2) is 24.3 Å². The van der Waals surface area contributed by atoms with Crippen molar-refractivity contribution in [1.29, 1.82) is 0 Å². The van der Waals surface area contributed by atoms with E-state index in [4.69, 9.17) is 14.2 Å². The molecule has 6 nitrogen and oxygen atoms in total. The summed E-state index contributed by atoms with van der Waals surface area (Å²) in [5, 5.41) is 10.6. The second-order valence-corrected chi connectivity index (χ2v) is 5.00. The van der Waals surface area contributed by atoms with Gasteiger partial charge in [-0.3, -0.25) is 0 Å². The second kappa shape index (κ2) is 11.0. The Morgan fingerprint density at radius 2 is 1.59 bits per heavy atom. The van der Waals surface area contributed by atoms with Gasteiger partial charge in [-0.2, -0.15) is 0 Å². The van der Waals surface area contributed by atoms with Crippen LogP contribution in [0.3, 0.4) is 0 Å². The number of carboxylic acid groups (broad SMARTS) is 1. The van der Waals surface area contributed by atoms with Crippen molar-refractivity contribution in [3.8, 4) is 5.75 Å². The van der Waals surface area contributed by atoms with Crippen molar-refractivity contribution in [3.63, 3.8) is 0 Å². The third-order valence-electron chi connectivity index (χ3n) is 3.35. The van der Waals surface area contributed by atoms with Crippen LogP contribution in [-0.4, -0.2) is 59.6 Å². The molecular formula is C16H25NO5. The average Bonchev–Trinajstić information content (AvgIpc) is 2.53. The van der Waals surface area contributed by atoms with E-state index >= 15 is 0 Å². The zero-order valence-corrected chi connectivity index (χ0v) is 13.3. The number of hydrogen-bond acceptors (Lipinski definition) is 5. The maximum absolute atomic E-state index is 10.6. The summed E-state index contributed by atoms with van der Waals surface area (Å²) < 4.78 is 15.8. The number of hydrogen-bond donors (Lipinski definition) is 1. The van der Waals surface area contributed by atoms with Crippen LogP contribution in [0.5, 0.6) is 5.75 Å². The molecule has 0 saturated heterocycles. The van der Waals surface area contributed by atoms with Gasteiger partial charge in [0.05, 0.1) is 32.3 Å². The lowest BCUT2D eigenvalue weighted by atomic mass is 10.2. The Labute approximate surface area is 131 Å². The number of rotatable bonds is 12. The highest BCUT2D eigenvalue weighted by Crippen LogP contribution is 2.11. The van der Waals surface area contributed by atoms with E-state index in [9.17, 15) is 9.90 Å². The average molecular weight is 311 g/mol. The molecule has 124 valence electrons. The van der Waals surface area contributed by atoms with E-state index in [-0.39, 0.29) is 5.56 Å². The summed E-state index contributed by atoms with van der Waals surface area (Å²) in [4.78, 5) is 12.1. The van der Waals surface area contributed by atoms with Crippen molar-refractivity contribution in [2.75, 3.05) is 53.7 Å². The lowest BCUT2D eigenvalue weighted by Crippen LogP contribution is -3.13. The molecule has 0 unspecified atom stereocenters. The second-order valence-electron chi connectivity index (χ2n) is 5.00. The van der Waals surface area contributed by atoms with Crippen LogP contribution in [-0.2, 0) is 9.47 Å². The Morgan fingerprint density at radius 1 is 1.00 bits per heavy atom. The molecule has 0 radical (unpaired) electrons. The number of carbonyl (C=O) groups excluding carboxylic acids is 1. The molecule has 0 amide bonds. The minimum atomic E-state index is -1.18. The largest absolute Gasteiger partial charge is 0.545 e. The molecule has 0 spiro atoms. The normalized spacial score (nSPS) is 10.9. The lowest BCUT2D eigenvalue weighted by molar-refractivity contribution is -0.901. The predicted octanol–water partition coefficient (Wildman–Crippen LogP) is -1.00. The van der Waals surface area contributed by atoms with Gasteiger partial charge in [0.1, 0.15) is 18.8 Å². The van der Waals surface area contributed by atoms with E-state index in [1.807, 2.05) is 0 Å². The standard InChI is InChI=1S/C16H25NO5/c1-20-12-9-17(10-13-21-2)8-3-11-22-15-6-4-14(5-7-15)16(18)19/h4-7H,3,8-13H2,1-2H3,(H,18,19). The number of benzene rings is 1. The van der Waals surface area contributed by atoms with Gasteiger partial charge < -0.3 is 29.0 Å². The van der Waals surface area contributed by atoms with Crippen molar-refractivity contribution in [3.05, 3.63) is 29.8 Å². The fourth-order valence-corrected chi connectivity index (χ4v) is 2.07. The van der Waals surface area contributed by atoms with Crippen LogP contribution >= 0.6 is 0 Å². The monoisotopic (exact) mass is 311 g/mol. The first kappa shape index (κ1) is 18.4. The van der Waals surface area contributed by atoms with Crippen LogP contribution in [0.1, 0.15) is 16.8 Å². The van der Waals surface area contributed by atoms with E-state index < -0.39 is 5.97 Å². The van der Waals surface area contributed by atoms with E-state index in [1.54, 1.807) is 26.4 Å². The fourth-order valence-electron chi connectivity index (χ4n) is 2.07. The quantitative estimate of drug-likeness (QED) is 0.501. The molecule has 1 aromatic carbocycles. The highest BCUT2D eigenvalue weighted by Gasteiger charge is 2.07. The summed E-state index contributed by atoms with van der Waals surface area (Å²) >= 11 is 0. The first-order valence-corrected chi connectivity index (χ1v) is 7.43. The first-order chi connectivity index (χ1) is 10.7. The molecule has 0 aliphatic carbocycles. The molecule has 1 rings (SSSR count). The van der Waals surface area contributed by atoms with Crippen LogP contribution in [0.2, 0.25) is 0 Å². The SMILES string of the molecule is COCC[NH+](CCCOc1ccc(C(=O)[O-])cc1)CCOC. The summed E-state index contributed by atoms with van der Waals surface area (Å²) in [5.74, 6) is -0.512. The van der Waals surface area contributed by atoms with Gasteiger partial charge in [0.15, 0.2) is 0 Å². The van der Waals surface area contributed by atoms with Gasteiger partial charge in [0, 0.05) is 20.6 Å². The Morgan fingerprint density at radius 3 is 2.09 bits per heavy atom. The number of nitrogens with one attached hydrogen (secondary N) is 1. The summed E-state index contributed by atoms with van der Waals surface area (Å²) in [5.41, 5.74) is 0.155. The van der Waals surface area contributed by atoms with Crippen molar-refractivity contribution in [2.24, 2.45) is 0 Å². The topological polar surface area (TPSA) is 72.3 Å². The first-order valence-electron chi connectivity index (χ1n) is 7.43. The smallest absolute Gasteiger partial charge is 0.119 e. The van der Waals surface area contributed by atoms with Crippen LogP contribution in [0.25, 0.3) is 0 Å². The third-order valence-corrected chi connectivity index (χ3v) is 3.35. The maximum atomic E-state index is 10.6. The summed E-state index contributed by atoms with van der Waals surface area (Å²) in [7, 11) is 3.40. The van der Waals surface area contributed by atoms with Gasteiger partial charge in [-0.1, -0.05) is 0 Å². The summed E-state index contributed by atoms with van der Waals surface area (Å²) in [6, 6.07) is 6.26. The molecule has 0 atom stereocenters. The van der Waals surface area contributed by atoms with Crippen LogP contribution < -0.4 is 14.7 Å². The molecule has 0 heterocycles. The van der Waals surface area contributed by atoms with Crippen LogP contribution in [0.4, 0.5) is 0 Å². The fraction of sp³-hybridized carbons (Fsp3) is 0.562. The zero-order chi connectivity index (χ0) is 16.2.